The Hall–Kier alpha value is -5.79. The number of fused-ring (bicyclic) bond motifs is 2. The van der Waals surface area contributed by atoms with Crippen LogP contribution in [-0.4, -0.2) is 109 Å². The number of hydrogen-bond acceptors (Lipinski definition) is 11. The fourth-order valence-corrected chi connectivity index (χ4v) is 8.67. The van der Waals surface area contributed by atoms with E-state index >= 15 is 0 Å². The van der Waals surface area contributed by atoms with E-state index in [0.717, 1.165) is 109 Å². The van der Waals surface area contributed by atoms with Crippen molar-refractivity contribution in [1.29, 1.82) is 0 Å². The molecule has 6 heterocycles. The molecule has 3 fully saturated rings. The smallest absolute Gasteiger partial charge is 0.328 e. The third-order valence-electron chi connectivity index (χ3n) is 12.1. The number of likely N-dealkylation sites (tertiary alicyclic amines) is 1. The zero-order valence-corrected chi connectivity index (χ0v) is 32.8. The first-order chi connectivity index (χ1) is 27.8. The Morgan fingerprint density at radius 1 is 0.842 bits per heavy atom. The predicted octanol–water partition coefficient (Wildman–Crippen LogP) is 6.30. The monoisotopic (exact) mass is 766 g/mol. The summed E-state index contributed by atoms with van der Waals surface area (Å²) in [6, 6.07) is 21.0. The van der Waals surface area contributed by atoms with E-state index in [9.17, 15) is 9.59 Å². The molecule has 0 saturated carbocycles. The van der Waals surface area contributed by atoms with Crippen molar-refractivity contribution < 1.29 is 14.3 Å². The van der Waals surface area contributed by atoms with E-state index in [0.29, 0.717) is 37.3 Å². The van der Waals surface area contributed by atoms with Gasteiger partial charge in [0, 0.05) is 99.2 Å². The summed E-state index contributed by atoms with van der Waals surface area (Å²) < 4.78 is 5.72. The molecule has 0 unspecified atom stereocenters. The van der Waals surface area contributed by atoms with Crippen LogP contribution in [0, 0.1) is 13.8 Å². The van der Waals surface area contributed by atoms with Crippen LogP contribution < -0.4 is 30.5 Å². The van der Waals surface area contributed by atoms with Gasteiger partial charge in [-0.2, -0.15) is 0 Å². The Bertz CT molecular complexity index is 2280. The zero-order chi connectivity index (χ0) is 38.9. The highest BCUT2D eigenvalue weighted by Gasteiger charge is 2.27. The topological polar surface area (TPSA) is 131 Å². The maximum absolute atomic E-state index is 12.4. The molecule has 0 bridgehead atoms. The lowest BCUT2D eigenvalue weighted by atomic mass is 9.89. The summed E-state index contributed by atoms with van der Waals surface area (Å²) in [5.74, 6) is 1.60. The van der Waals surface area contributed by atoms with Crippen molar-refractivity contribution >= 4 is 51.5 Å². The molecule has 3 amide bonds. The van der Waals surface area contributed by atoms with Crippen LogP contribution >= 0.6 is 0 Å². The van der Waals surface area contributed by atoms with E-state index in [1.54, 1.807) is 4.90 Å². The number of nitrogens with one attached hydrogen (secondary N) is 3. The molecule has 3 saturated heterocycles. The summed E-state index contributed by atoms with van der Waals surface area (Å²) in [4.78, 5) is 47.3. The Kier molecular flexibility index (Phi) is 10.3. The van der Waals surface area contributed by atoms with Crippen LogP contribution in [0.3, 0.4) is 0 Å². The minimum atomic E-state index is -0.337. The first-order valence-corrected chi connectivity index (χ1v) is 20.3. The number of pyridine rings is 1. The fraction of sp³-hybridized carbons (Fsp3) is 0.386. The number of aromatic nitrogens is 3. The quantitative estimate of drug-likeness (QED) is 0.156. The number of rotatable bonds is 9. The largest absolute Gasteiger partial charge is 0.474 e. The van der Waals surface area contributed by atoms with Crippen LogP contribution in [0.15, 0.2) is 73.1 Å². The lowest BCUT2D eigenvalue weighted by molar-refractivity contribution is -0.120. The Morgan fingerprint density at radius 3 is 2.40 bits per heavy atom. The minimum Gasteiger partial charge on any atom is -0.474 e. The van der Waals surface area contributed by atoms with E-state index < -0.39 is 0 Å². The van der Waals surface area contributed by atoms with Gasteiger partial charge in [-0.05, 0) is 104 Å². The van der Waals surface area contributed by atoms with Gasteiger partial charge in [-0.3, -0.25) is 19.9 Å². The van der Waals surface area contributed by atoms with Crippen molar-refractivity contribution in [3.63, 3.8) is 0 Å². The standard InChI is InChI=1S/C44H50N10O3/c1-29-25-36(9-10-39(29)54-17-13-40(55)50-44(54)56)53-22-20-52(21-23-53)19-18-51-15-11-32(12-16-51)31-5-7-35(8-6-31)48-43-47-27-34-4-3-33(26-38(34)49-43)37-28-46-42-41(30(37)2)45-14-24-57-42/h3-10,25-28,32,45H,11-24H2,1-2H3,(H,47,48,49)(H,50,55,56). The Morgan fingerprint density at radius 2 is 1.63 bits per heavy atom. The molecule has 0 spiro atoms. The molecule has 0 aliphatic carbocycles. The maximum atomic E-state index is 12.4. The van der Waals surface area contributed by atoms with Crippen molar-refractivity contribution in [2.24, 2.45) is 0 Å². The van der Waals surface area contributed by atoms with Gasteiger partial charge in [0.2, 0.25) is 17.7 Å². The number of piperazine rings is 1. The van der Waals surface area contributed by atoms with Gasteiger partial charge in [-0.25, -0.2) is 19.7 Å². The zero-order valence-electron chi connectivity index (χ0n) is 32.8. The number of ether oxygens (including phenoxy) is 1. The number of anilines is 5. The molecule has 57 heavy (non-hydrogen) atoms. The van der Waals surface area contributed by atoms with E-state index in [4.69, 9.17) is 9.72 Å². The molecule has 13 nitrogen and oxygen atoms in total. The Labute approximate surface area is 333 Å². The molecule has 3 N–H and O–H groups in total. The fourth-order valence-electron chi connectivity index (χ4n) is 8.67. The lowest BCUT2D eigenvalue weighted by Gasteiger charge is -2.38. The second kappa shape index (κ2) is 16.0. The van der Waals surface area contributed by atoms with Crippen LogP contribution in [0.25, 0.3) is 22.0 Å². The molecule has 294 valence electrons. The third kappa shape index (κ3) is 7.94. The number of imide groups is 1. The molecule has 0 atom stereocenters. The maximum Gasteiger partial charge on any atom is 0.328 e. The molecule has 3 aromatic carbocycles. The molecule has 0 radical (unpaired) electrons. The van der Waals surface area contributed by atoms with Gasteiger partial charge in [0.25, 0.3) is 0 Å². The number of hydrogen-bond donors (Lipinski definition) is 3. The number of piperidine rings is 1. The number of urea groups is 1. The normalized spacial score (nSPS) is 18.2. The van der Waals surface area contributed by atoms with Gasteiger partial charge < -0.3 is 25.2 Å². The summed E-state index contributed by atoms with van der Waals surface area (Å²) >= 11 is 0. The Balaban J connectivity index is 0.734. The van der Waals surface area contributed by atoms with Gasteiger partial charge in [0.15, 0.2) is 0 Å². The van der Waals surface area contributed by atoms with Crippen LogP contribution in [0.5, 0.6) is 5.88 Å². The highest BCUT2D eigenvalue weighted by atomic mass is 16.5. The van der Waals surface area contributed by atoms with Crippen molar-refractivity contribution in [2.45, 2.75) is 39.0 Å². The van der Waals surface area contributed by atoms with Crippen molar-refractivity contribution in [3.8, 4) is 17.0 Å². The SMILES string of the molecule is Cc1cc(N2CCN(CCN3CCC(c4ccc(Nc5ncc6ccc(-c7cnc8c(c7C)NCCO8)cc6n5)cc4)CC3)CC2)ccc1N1CCC(=O)NC1=O. The molecule has 4 aliphatic heterocycles. The van der Waals surface area contributed by atoms with Crippen LogP contribution in [0.4, 0.5) is 33.5 Å². The number of nitrogens with zero attached hydrogens (tertiary/aromatic N) is 7. The summed E-state index contributed by atoms with van der Waals surface area (Å²) in [5.41, 5.74) is 10.5. The summed E-state index contributed by atoms with van der Waals surface area (Å²) in [5, 5.41) is 10.3. The average Bonchev–Trinajstić information content (AvgIpc) is 3.24. The first kappa shape index (κ1) is 36.8. The van der Waals surface area contributed by atoms with Gasteiger partial charge in [-0.1, -0.05) is 24.3 Å². The second-order valence-corrected chi connectivity index (χ2v) is 15.6. The van der Waals surface area contributed by atoms with Crippen molar-refractivity contribution in [1.82, 2.24) is 30.1 Å². The van der Waals surface area contributed by atoms with E-state index in [1.165, 1.54) is 24.1 Å². The highest BCUT2D eigenvalue weighted by Crippen LogP contribution is 2.36. The van der Waals surface area contributed by atoms with E-state index in [2.05, 4.69) is 102 Å². The van der Waals surface area contributed by atoms with Gasteiger partial charge >= 0.3 is 6.03 Å². The van der Waals surface area contributed by atoms with Crippen LogP contribution in [0.2, 0.25) is 0 Å². The number of aryl methyl sites for hydroxylation is 1. The number of benzene rings is 3. The number of amides is 3. The summed E-state index contributed by atoms with van der Waals surface area (Å²) in [6.45, 7) is 14.5. The van der Waals surface area contributed by atoms with Crippen LogP contribution in [-0.2, 0) is 4.79 Å². The molecule has 5 aromatic rings. The van der Waals surface area contributed by atoms with E-state index in [1.807, 2.05) is 25.4 Å². The first-order valence-electron chi connectivity index (χ1n) is 20.3. The summed E-state index contributed by atoms with van der Waals surface area (Å²) in [6.07, 6.45) is 6.43. The lowest BCUT2D eigenvalue weighted by Crippen LogP contribution is -2.50. The number of carbonyl (C=O) groups is 2. The average molecular weight is 767 g/mol. The van der Waals surface area contributed by atoms with Gasteiger partial charge in [0.05, 0.1) is 5.52 Å². The number of carbonyl (C=O) groups excluding carboxylic acids is 2. The second-order valence-electron chi connectivity index (χ2n) is 15.6. The molecule has 13 heteroatoms. The van der Waals surface area contributed by atoms with Crippen molar-refractivity contribution in [3.05, 3.63) is 89.7 Å². The molecule has 4 aliphatic rings. The summed E-state index contributed by atoms with van der Waals surface area (Å²) in [7, 11) is 0. The molecule has 9 rings (SSSR count). The minimum absolute atomic E-state index is 0.210. The molecular formula is C44H50N10O3. The third-order valence-corrected chi connectivity index (χ3v) is 12.1. The van der Waals surface area contributed by atoms with Crippen molar-refractivity contribution in [2.75, 3.05) is 92.5 Å². The predicted molar refractivity (Wildman–Crippen MR) is 225 cm³/mol. The highest BCUT2D eigenvalue weighted by molar-refractivity contribution is 6.06. The molecular weight excluding hydrogens is 717 g/mol. The van der Waals surface area contributed by atoms with Gasteiger partial charge in [0.1, 0.15) is 12.3 Å². The molecule has 2 aromatic heterocycles. The van der Waals surface area contributed by atoms with Gasteiger partial charge in [-0.15, -0.1) is 0 Å². The van der Waals surface area contributed by atoms with E-state index in [-0.39, 0.29) is 11.9 Å². The van der Waals surface area contributed by atoms with Crippen LogP contribution in [0.1, 0.15) is 41.9 Å².